The molecule has 0 aliphatic carbocycles. The van der Waals surface area contributed by atoms with Crippen molar-refractivity contribution in [2.75, 3.05) is 5.43 Å². The van der Waals surface area contributed by atoms with Crippen molar-refractivity contribution in [3.63, 3.8) is 0 Å². The van der Waals surface area contributed by atoms with E-state index in [0.717, 1.165) is 29.8 Å². The number of hydrogen-bond acceptors (Lipinski definition) is 6. The molecule has 0 radical (unpaired) electrons. The van der Waals surface area contributed by atoms with Crippen molar-refractivity contribution in [2.24, 2.45) is 15.3 Å². The average Bonchev–Trinajstić information content (AvgIpc) is 3.30. The number of aromatic nitrogens is 4. The van der Waals surface area contributed by atoms with Gasteiger partial charge in [-0.15, -0.1) is 10.2 Å². The van der Waals surface area contributed by atoms with Gasteiger partial charge in [0.1, 0.15) is 0 Å². The molecule has 1 N–H and O–H groups in total. The lowest BCUT2D eigenvalue weighted by Crippen LogP contribution is -2.02. The molecule has 0 saturated heterocycles. The Morgan fingerprint density at radius 2 is 1.61 bits per heavy atom. The van der Waals surface area contributed by atoms with Crippen LogP contribution in [0.3, 0.4) is 0 Å². The minimum atomic E-state index is 0.263. The molecule has 0 atom stereocenters. The zero-order valence-electron chi connectivity index (χ0n) is 17.1. The molecule has 0 spiro atoms. The first-order chi connectivity index (χ1) is 15.3. The summed E-state index contributed by atoms with van der Waals surface area (Å²) >= 11 is 0. The summed E-state index contributed by atoms with van der Waals surface area (Å²) in [4.78, 5) is 0. The fourth-order valence-corrected chi connectivity index (χ4v) is 2.96. The Hall–Kier alpha value is -4.20. The van der Waals surface area contributed by atoms with E-state index in [0.29, 0.717) is 5.84 Å². The first-order valence-electron chi connectivity index (χ1n) is 10.1. The molecule has 4 rings (SSSR count). The van der Waals surface area contributed by atoms with Gasteiger partial charge in [-0.1, -0.05) is 79.1 Å². The molecule has 31 heavy (non-hydrogen) atoms. The number of anilines is 1. The summed E-state index contributed by atoms with van der Waals surface area (Å²) in [5.41, 5.74) is 6.85. The lowest BCUT2D eigenvalue weighted by molar-refractivity contribution is 0.788. The molecule has 8 nitrogen and oxygen atoms in total. The van der Waals surface area contributed by atoms with Gasteiger partial charge in [-0.2, -0.15) is 9.78 Å². The summed E-state index contributed by atoms with van der Waals surface area (Å²) in [5.74, 6) is 0.680. The van der Waals surface area contributed by atoms with Crippen molar-refractivity contribution in [1.82, 2.24) is 20.2 Å². The summed E-state index contributed by atoms with van der Waals surface area (Å²) in [6.45, 7) is 2.17. The molecule has 4 aromatic rings. The van der Waals surface area contributed by atoms with E-state index in [2.05, 4.69) is 55.3 Å². The van der Waals surface area contributed by atoms with Crippen LogP contribution in [0, 0.1) is 0 Å². The van der Waals surface area contributed by atoms with Crippen LogP contribution in [0.4, 0.5) is 11.6 Å². The third-order valence-corrected chi connectivity index (χ3v) is 4.50. The Labute approximate surface area is 180 Å². The van der Waals surface area contributed by atoms with Crippen LogP contribution in [0.15, 0.2) is 100 Å². The van der Waals surface area contributed by atoms with Crippen LogP contribution in [0.5, 0.6) is 0 Å². The van der Waals surface area contributed by atoms with Gasteiger partial charge in [0.2, 0.25) is 5.84 Å². The maximum absolute atomic E-state index is 4.47. The second-order valence-electron chi connectivity index (χ2n) is 6.79. The smallest absolute Gasteiger partial charge is 0.276 e. The number of nitrogens with one attached hydrogen (secondary N) is 1. The Morgan fingerprint density at radius 3 is 2.32 bits per heavy atom. The minimum Gasteiger partial charge on any atom is -0.276 e. The number of hydrogen-bond donors (Lipinski definition) is 1. The highest BCUT2D eigenvalue weighted by molar-refractivity contribution is 5.99. The second-order valence-corrected chi connectivity index (χ2v) is 6.79. The Kier molecular flexibility index (Phi) is 6.49. The van der Waals surface area contributed by atoms with Gasteiger partial charge in [0.15, 0.2) is 0 Å². The van der Waals surface area contributed by atoms with E-state index in [4.69, 9.17) is 0 Å². The highest BCUT2D eigenvalue weighted by Gasteiger charge is 2.08. The van der Waals surface area contributed by atoms with Gasteiger partial charge < -0.3 is 0 Å². The third-order valence-electron chi connectivity index (χ3n) is 4.50. The number of azo groups is 1. The molecule has 8 heteroatoms. The zero-order chi connectivity index (χ0) is 21.3. The summed E-state index contributed by atoms with van der Waals surface area (Å²) in [5, 5.41) is 24.7. The highest BCUT2D eigenvalue weighted by Crippen LogP contribution is 2.16. The Bertz CT molecular complexity index is 1150. The van der Waals surface area contributed by atoms with E-state index >= 15 is 0 Å². The standard InChI is InChI=1S/C23H22N8/c1-2-9-18-14-16-20(17-15-18)24-25-22(19-10-5-3-6-11-19)26-27-23-28-29-30-31(23)21-12-7-4-8-13-21/h3-8,10-17,24H,2,9H2,1H3/b25-22-,27-26?. The number of rotatable bonds is 7. The molecule has 0 fully saturated rings. The van der Waals surface area contributed by atoms with Gasteiger partial charge >= 0.3 is 0 Å². The van der Waals surface area contributed by atoms with E-state index in [1.807, 2.05) is 72.8 Å². The summed E-state index contributed by atoms with van der Waals surface area (Å²) in [6.07, 6.45) is 2.18. The topological polar surface area (TPSA) is 92.7 Å². The Balaban J connectivity index is 1.59. The molecular weight excluding hydrogens is 388 g/mol. The van der Waals surface area contributed by atoms with Crippen LogP contribution in [-0.2, 0) is 6.42 Å². The van der Waals surface area contributed by atoms with Gasteiger partial charge in [0.05, 0.1) is 11.4 Å². The third kappa shape index (κ3) is 5.24. The van der Waals surface area contributed by atoms with E-state index < -0.39 is 0 Å². The fourth-order valence-electron chi connectivity index (χ4n) is 2.96. The number of para-hydroxylation sites is 1. The van der Waals surface area contributed by atoms with Gasteiger partial charge in [-0.25, -0.2) is 0 Å². The predicted molar refractivity (Wildman–Crippen MR) is 121 cm³/mol. The van der Waals surface area contributed by atoms with Crippen molar-refractivity contribution < 1.29 is 0 Å². The molecule has 0 aliphatic heterocycles. The van der Waals surface area contributed by atoms with E-state index in [-0.39, 0.29) is 5.95 Å². The summed E-state index contributed by atoms with van der Waals surface area (Å²) in [7, 11) is 0. The number of benzene rings is 3. The number of nitrogens with zero attached hydrogens (tertiary/aromatic N) is 7. The quantitative estimate of drug-likeness (QED) is 0.197. The van der Waals surface area contributed by atoms with Gasteiger partial charge in [0.25, 0.3) is 5.95 Å². The zero-order valence-corrected chi connectivity index (χ0v) is 17.1. The van der Waals surface area contributed by atoms with Crippen LogP contribution in [0.1, 0.15) is 24.5 Å². The minimum absolute atomic E-state index is 0.263. The number of tetrazole rings is 1. The van der Waals surface area contributed by atoms with Gasteiger partial charge in [0, 0.05) is 5.56 Å². The first-order valence-corrected chi connectivity index (χ1v) is 10.1. The van der Waals surface area contributed by atoms with E-state index in [1.54, 1.807) is 0 Å². The van der Waals surface area contributed by atoms with Crippen molar-refractivity contribution in [3.05, 3.63) is 96.1 Å². The number of amidine groups is 1. The largest absolute Gasteiger partial charge is 0.292 e. The van der Waals surface area contributed by atoms with Gasteiger partial charge in [-0.05, 0) is 46.7 Å². The van der Waals surface area contributed by atoms with Crippen LogP contribution in [0.2, 0.25) is 0 Å². The molecular formula is C23H22N8. The molecule has 154 valence electrons. The van der Waals surface area contributed by atoms with Crippen molar-refractivity contribution in [3.8, 4) is 5.69 Å². The maximum atomic E-state index is 4.47. The molecule has 0 unspecified atom stereocenters. The van der Waals surface area contributed by atoms with E-state index in [9.17, 15) is 0 Å². The van der Waals surface area contributed by atoms with Crippen LogP contribution >= 0.6 is 0 Å². The second kappa shape index (κ2) is 10.0. The normalized spacial score (nSPS) is 11.7. The Morgan fingerprint density at radius 1 is 0.903 bits per heavy atom. The average molecular weight is 410 g/mol. The lowest BCUT2D eigenvalue weighted by atomic mass is 10.1. The predicted octanol–water partition coefficient (Wildman–Crippen LogP) is 5.17. The lowest BCUT2D eigenvalue weighted by Gasteiger charge is -2.05. The molecule has 0 aliphatic rings. The monoisotopic (exact) mass is 410 g/mol. The summed E-state index contributed by atoms with van der Waals surface area (Å²) in [6, 6.07) is 27.4. The van der Waals surface area contributed by atoms with Crippen molar-refractivity contribution >= 4 is 17.5 Å². The summed E-state index contributed by atoms with van der Waals surface area (Å²) < 4.78 is 1.52. The van der Waals surface area contributed by atoms with Crippen LogP contribution < -0.4 is 5.43 Å². The van der Waals surface area contributed by atoms with Crippen molar-refractivity contribution in [1.29, 1.82) is 0 Å². The van der Waals surface area contributed by atoms with Crippen LogP contribution in [0.25, 0.3) is 5.69 Å². The van der Waals surface area contributed by atoms with Gasteiger partial charge in [-0.3, -0.25) is 5.43 Å². The SMILES string of the molecule is CCCc1ccc(N/N=C(\N=Nc2nnnn2-c2ccccc2)c2ccccc2)cc1. The molecule has 0 saturated carbocycles. The number of hydrazone groups is 1. The molecule has 3 aromatic carbocycles. The number of aryl methyl sites for hydroxylation is 1. The molecule has 0 amide bonds. The van der Waals surface area contributed by atoms with E-state index in [1.165, 1.54) is 10.2 Å². The van der Waals surface area contributed by atoms with Crippen LogP contribution in [-0.4, -0.2) is 26.0 Å². The molecule has 1 aromatic heterocycles. The first kappa shape index (κ1) is 20.1. The fraction of sp³-hybridized carbons (Fsp3) is 0.130. The molecule has 0 bridgehead atoms. The molecule has 1 heterocycles. The highest BCUT2D eigenvalue weighted by atomic mass is 15.6. The maximum Gasteiger partial charge on any atom is 0.292 e. The van der Waals surface area contributed by atoms with Crippen molar-refractivity contribution in [2.45, 2.75) is 19.8 Å².